The van der Waals surface area contributed by atoms with Crippen molar-refractivity contribution in [2.75, 3.05) is 0 Å². The fourth-order valence-electron chi connectivity index (χ4n) is 7.09. The van der Waals surface area contributed by atoms with Crippen molar-refractivity contribution in [3.05, 3.63) is 151 Å². The van der Waals surface area contributed by atoms with E-state index < -0.39 is 0 Å². The molecule has 0 N–H and O–H groups in total. The molecule has 1 aromatic heterocycles. The number of furan rings is 1. The van der Waals surface area contributed by atoms with Gasteiger partial charge in [0, 0.05) is 10.8 Å². The minimum Gasteiger partial charge on any atom is -0.456 e. The third-order valence-electron chi connectivity index (χ3n) is 9.11. The second-order valence-corrected chi connectivity index (χ2v) is 11.6. The molecule has 7 aromatic carbocycles. The van der Waals surface area contributed by atoms with E-state index in [1.165, 1.54) is 66.1 Å². The number of rotatable bonds is 3. The highest BCUT2D eigenvalue weighted by molar-refractivity contribution is 6.22. The Kier molecular flexibility index (Phi) is 5.39. The average molecular weight is 549 g/mol. The van der Waals surface area contributed by atoms with Crippen LogP contribution in [0.15, 0.2) is 144 Å². The van der Waals surface area contributed by atoms with Crippen LogP contribution in [-0.2, 0) is 6.42 Å². The molecule has 0 spiro atoms. The van der Waals surface area contributed by atoms with Crippen molar-refractivity contribution >= 4 is 49.6 Å². The van der Waals surface area contributed by atoms with Gasteiger partial charge >= 0.3 is 0 Å². The molecule has 1 heterocycles. The van der Waals surface area contributed by atoms with E-state index in [2.05, 4.69) is 133 Å². The van der Waals surface area contributed by atoms with Gasteiger partial charge in [-0.05, 0) is 109 Å². The molecule has 0 saturated carbocycles. The number of allylic oxidation sites excluding steroid dienone is 1. The normalized spacial score (nSPS) is 12.8. The molecule has 0 fully saturated rings. The first-order valence-electron chi connectivity index (χ1n) is 15.1. The van der Waals surface area contributed by atoms with E-state index >= 15 is 0 Å². The molecule has 1 nitrogen and oxygen atoms in total. The van der Waals surface area contributed by atoms with Crippen LogP contribution in [-0.4, -0.2) is 0 Å². The molecule has 9 rings (SSSR count). The standard InChI is InChI=1S/C42H28O/c1-2-11-28-24-30(21-20-27(28)10-1)29-12-9-13-31(25-29)41-34-15-3-5-17-36(34)42(37-18-6-4-16-35(37)41)32-22-23-40-38(26-32)33-14-7-8-19-39(33)43-40/h2-9,11-26H,1,10H2. The largest absolute Gasteiger partial charge is 0.456 e. The molecule has 0 saturated heterocycles. The van der Waals surface area contributed by atoms with Crippen LogP contribution >= 0.6 is 0 Å². The maximum absolute atomic E-state index is 6.17. The first kappa shape index (κ1) is 24.2. The Hall–Kier alpha value is -5.40. The predicted molar refractivity (Wildman–Crippen MR) is 182 cm³/mol. The molecule has 0 unspecified atom stereocenters. The van der Waals surface area contributed by atoms with Crippen LogP contribution in [0.2, 0.25) is 0 Å². The fourth-order valence-corrected chi connectivity index (χ4v) is 7.09. The van der Waals surface area contributed by atoms with Gasteiger partial charge in [-0.25, -0.2) is 0 Å². The molecule has 1 aliphatic rings. The molecule has 0 bridgehead atoms. The summed E-state index contributed by atoms with van der Waals surface area (Å²) < 4.78 is 6.17. The highest BCUT2D eigenvalue weighted by Gasteiger charge is 2.18. The zero-order chi connectivity index (χ0) is 28.3. The van der Waals surface area contributed by atoms with E-state index in [0.717, 1.165) is 34.8 Å². The van der Waals surface area contributed by atoms with Crippen LogP contribution in [0, 0.1) is 0 Å². The van der Waals surface area contributed by atoms with E-state index in [4.69, 9.17) is 4.42 Å². The molecule has 202 valence electrons. The SMILES string of the molecule is C1=Cc2cc(-c3cccc(-c4c5ccccc5c(-c5ccc6oc7ccccc7c6c5)c5ccccc45)c3)ccc2CC1. The summed E-state index contributed by atoms with van der Waals surface area (Å²) in [5.41, 5.74) is 12.1. The van der Waals surface area contributed by atoms with Gasteiger partial charge in [0.15, 0.2) is 0 Å². The second kappa shape index (κ2) is 9.58. The first-order valence-corrected chi connectivity index (χ1v) is 15.1. The highest BCUT2D eigenvalue weighted by Crippen LogP contribution is 2.45. The third-order valence-corrected chi connectivity index (χ3v) is 9.11. The summed E-state index contributed by atoms with van der Waals surface area (Å²) >= 11 is 0. The Morgan fingerprint density at radius 2 is 1.00 bits per heavy atom. The molecular weight excluding hydrogens is 520 g/mol. The Balaban J connectivity index is 1.29. The van der Waals surface area contributed by atoms with Gasteiger partial charge in [0.25, 0.3) is 0 Å². The van der Waals surface area contributed by atoms with Gasteiger partial charge in [0.05, 0.1) is 0 Å². The van der Waals surface area contributed by atoms with Crippen LogP contribution < -0.4 is 0 Å². The average Bonchev–Trinajstić information content (AvgIpc) is 3.45. The number of benzene rings is 7. The summed E-state index contributed by atoms with van der Waals surface area (Å²) in [5, 5.41) is 7.34. The monoisotopic (exact) mass is 548 g/mol. The molecular formula is C42H28O. The quantitative estimate of drug-likeness (QED) is 0.200. The number of hydrogen-bond donors (Lipinski definition) is 0. The summed E-state index contributed by atoms with van der Waals surface area (Å²) in [6.07, 6.45) is 6.81. The van der Waals surface area contributed by atoms with Gasteiger partial charge in [0.1, 0.15) is 11.2 Å². The Labute approximate surface area is 250 Å². The Bertz CT molecular complexity index is 2340. The van der Waals surface area contributed by atoms with Crippen molar-refractivity contribution in [3.8, 4) is 33.4 Å². The summed E-state index contributed by atoms with van der Waals surface area (Å²) in [7, 11) is 0. The maximum Gasteiger partial charge on any atom is 0.135 e. The van der Waals surface area contributed by atoms with Gasteiger partial charge in [0.2, 0.25) is 0 Å². The van der Waals surface area contributed by atoms with Crippen molar-refractivity contribution in [2.45, 2.75) is 12.8 Å². The van der Waals surface area contributed by atoms with E-state index in [9.17, 15) is 0 Å². The molecule has 8 aromatic rings. The Morgan fingerprint density at radius 3 is 1.74 bits per heavy atom. The van der Waals surface area contributed by atoms with Gasteiger partial charge in [-0.1, -0.05) is 115 Å². The molecule has 1 aliphatic carbocycles. The lowest BCUT2D eigenvalue weighted by molar-refractivity contribution is 0.669. The minimum absolute atomic E-state index is 0.921. The van der Waals surface area contributed by atoms with Gasteiger partial charge < -0.3 is 4.42 Å². The van der Waals surface area contributed by atoms with Gasteiger partial charge in [-0.3, -0.25) is 0 Å². The molecule has 0 radical (unpaired) electrons. The Morgan fingerprint density at radius 1 is 0.419 bits per heavy atom. The molecule has 0 atom stereocenters. The van der Waals surface area contributed by atoms with Crippen molar-refractivity contribution < 1.29 is 4.42 Å². The van der Waals surface area contributed by atoms with Crippen molar-refractivity contribution in [1.82, 2.24) is 0 Å². The molecule has 1 heteroatoms. The summed E-state index contributed by atoms with van der Waals surface area (Å²) in [6, 6.07) is 48.7. The minimum atomic E-state index is 0.921. The summed E-state index contributed by atoms with van der Waals surface area (Å²) in [5.74, 6) is 0. The lowest BCUT2D eigenvalue weighted by Crippen LogP contribution is -1.94. The predicted octanol–water partition coefficient (Wildman–Crippen LogP) is 11.9. The molecule has 43 heavy (non-hydrogen) atoms. The number of para-hydroxylation sites is 1. The summed E-state index contributed by atoms with van der Waals surface area (Å²) in [6.45, 7) is 0. The highest BCUT2D eigenvalue weighted by atomic mass is 16.3. The van der Waals surface area contributed by atoms with Crippen molar-refractivity contribution in [1.29, 1.82) is 0 Å². The number of hydrogen-bond acceptors (Lipinski definition) is 1. The van der Waals surface area contributed by atoms with E-state index in [-0.39, 0.29) is 0 Å². The van der Waals surface area contributed by atoms with Crippen LogP contribution in [0.1, 0.15) is 17.5 Å². The van der Waals surface area contributed by atoms with Crippen molar-refractivity contribution in [3.63, 3.8) is 0 Å². The van der Waals surface area contributed by atoms with E-state index in [1.54, 1.807) is 0 Å². The zero-order valence-corrected chi connectivity index (χ0v) is 23.7. The van der Waals surface area contributed by atoms with Crippen LogP contribution in [0.25, 0.3) is 82.9 Å². The maximum atomic E-state index is 6.17. The zero-order valence-electron chi connectivity index (χ0n) is 23.7. The molecule has 0 aliphatic heterocycles. The smallest absolute Gasteiger partial charge is 0.135 e. The van der Waals surface area contributed by atoms with E-state index in [0.29, 0.717) is 0 Å². The topological polar surface area (TPSA) is 13.1 Å². The number of fused-ring (bicyclic) bond motifs is 6. The molecule has 0 amide bonds. The van der Waals surface area contributed by atoms with Crippen LogP contribution in [0.3, 0.4) is 0 Å². The lowest BCUT2D eigenvalue weighted by atomic mass is 9.85. The van der Waals surface area contributed by atoms with Crippen LogP contribution in [0.4, 0.5) is 0 Å². The second-order valence-electron chi connectivity index (χ2n) is 11.6. The van der Waals surface area contributed by atoms with Crippen LogP contribution in [0.5, 0.6) is 0 Å². The van der Waals surface area contributed by atoms with E-state index in [1.807, 2.05) is 12.1 Å². The number of aryl methyl sites for hydroxylation is 1. The van der Waals surface area contributed by atoms with Gasteiger partial charge in [-0.15, -0.1) is 0 Å². The lowest BCUT2D eigenvalue weighted by Gasteiger charge is -2.18. The third kappa shape index (κ3) is 3.86. The summed E-state index contributed by atoms with van der Waals surface area (Å²) in [4.78, 5) is 0. The fraction of sp³-hybridized carbons (Fsp3) is 0.0476. The van der Waals surface area contributed by atoms with Gasteiger partial charge in [-0.2, -0.15) is 0 Å². The first-order chi connectivity index (χ1) is 21.3. The van der Waals surface area contributed by atoms with Crippen molar-refractivity contribution in [2.24, 2.45) is 0 Å².